The minimum absolute atomic E-state index is 0.0467. The van der Waals surface area contributed by atoms with Gasteiger partial charge in [0.15, 0.2) is 11.2 Å². The fourth-order valence-corrected chi connectivity index (χ4v) is 7.12. The highest BCUT2D eigenvalue weighted by Gasteiger charge is 2.48. The summed E-state index contributed by atoms with van der Waals surface area (Å²) < 4.78 is 13.1. The van der Waals surface area contributed by atoms with Crippen LogP contribution in [-0.4, -0.2) is 59.0 Å². The van der Waals surface area contributed by atoms with E-state index in [1.807, 2.05) is 23.6 Å². The maximum absolute atomic E-state index is 13.7. The van der Waals surface area contributed by atoms with Crippen LogP contribution < -0.4 is 0 Å². The van der Waals surface area contributed by atoms with Gasteiger partial charge in [0.05, 0.1) is 0 Å². The van der Waals surface area contributed by atoms with Crippen LogP contribution in [-0.2, 0) is 19.1 Å². The van der Waals surface area contributed by atoms with Crippen molar-refractivity contribution >= 4 is 11.8 Å². The van der Waals surface area contributed by atoms with E-state index in [1.165, 1.54) is 22.3 Å². The Bertz CT molecular complexity index is 1060. The Morgan fingerprint density at radius 2 is 1.05 bits per heavy atom. The number of piperazine rings is 1. The van der Waals surface area contributed by atoms with E-state index in [1.54, 1.807) is 0 Å². The molecule has 2 amide bonds. The molecule has 0 radical (unpaired) electrons. The lowest BCUT2D eigenvalue weighted by Crippen LogP contribution is -2.60. The second kappa shape index (κ2) is 9.60. The van der Waals surface area contributed by atoms with Crippen molar-refractivity contribution in [2.75, 3.05) is 26.2 Å². The van der Waals surface area contributed by atoms with E-state index >= 15 is 0 Å². The molecular weight excluding hydrogens is 476 g/mol. The summed E-state index contributed by atoms with van der Waals surface area (Å²) in [5, 5.41) is 0. The molecule has 5 rings (SSSR count). The Morgan fingerprint density at radius 1 is 0.711 bits per heavy atom. The van der Waals surface area contributed by atoms with Gasteiger partial charge in [-0.3, -0.25) is 9.59 Å². The molecule has 0 bridgehead atoms. The van der Waals surface area contributed by atoms with E-state index in [0.717, 1.165) is 24.4 Å². The molecule has 2 aliphatic carbocycles. The van der Waals surface area contributed by atoms with Gasteiger partial charge in [-0.2, -0.15) is 0 Å². The molecule has 208 valence electrons. The van der Waals surface area contributed by atoms with Gasteiger partial charge in [0.1, 0.15) is 11.5 Å². The van der Waals surface area contributed by atoms with Crippen molar-refractivity contribution in [3.05, 3.63) is 46.0 Å². The SMILES string of the molecule is CC1=CC(C)C2=C(OC(C)(C(=O)N3CCN(C(=O)C4(C)CCC5=C(O4)C(C)C(C)=CC5C)CC3)CC2)C1C. The van der Waals surface area contributed by atoms with Crippen molar-refractivity contribution in [1.82, 2.24) is 9.80 Å². The number of hydrogen-bond acceptors (Lipinski definition) is 4. The molecule has 1 fully saturated rings. The molecule has 3 heterocycles. The Hall–Kier alpha value is -2.50. The van der Waals surface area contributed by atoms with Crippen molar-refractivity contribution in [2.24, 2.45) is 23.7 Å². The van der Waals surface area contributed by atoms with Crippen LogP contribution in [0.5, 0.6) is 0 Å². The van der Waals surface area contributed by atoms with Crippen molar-refractivity contribution in [1.29, 1.82) is 0 Å². The second-order valence-corrected chi connectivity index (χ2v) is 12.9. The smallest absolute Gasteiger partial charge is 0.266 e. The molecule has 6 nitrogen and oxygen atoms in total. The Labute approximate surface area is 228 Å². The first-order valence-corrected chi connectivity index (χ1v) is 14.6. The minimum Gasteiger partial charge on any atom is -0.481 e. The molecular formula is C32H46N2O4. The lowest BCUT2D eigenvalue weighted by atomic mass is 9.77. The van der Waals surface area contributed by atoms with Crippen molar-refractivity contribution in [2.45, 2.75) is 92.3 Å². The van der Waals surface area contributed by atoms with Crippen LogP contribution in [0, 0.1) is 23.7 Å². The van der Waals surface area contributed by atoms with Gasteiger partial charge in [0.25, 0.3) is 11.8 Å². The van der Waals surface area contributed by atoms with Crippen LogP contribution in [0.2, 0.25) is 0 Å². The topological polar surface area (TPSA) is 59.1 Å². The molecule has 0 saturated carbocycles. The maximum atomic E-state index is 13.7. The van der Waals surface area contributed by atoms with Gasteiger partial charge in [-0.15, -0.1) is 0 Å². The summed E-state index contributed by atoms with van der Waals surface area (Å²) in [5.74, 6) is 3.25. The predicted octanol–water partition coefficient (Wildman–Crippen LogP) is 5.77. The molecule has 0 spiro atoms. The fraction of sp³-hybridized carbons (Fsp3) is 0.688. The molecule has 5 aliphatic rings. The van der Waals surface area contributed by atoms with Gasteiger partial charge in [0.2, 0.25) is 0 Å². The average molecular weight is 523 g/mol. The first-order valence-electron chi connectivity index (χ1n) is 14.6. The third-order valence-corrected chi connectivity index (χ3v) is 10.1. The van der Waals surface area contributed by atoms with Crippen LogP contribution in [0.4, 0.5) is 0 Å². The number of hydrogen-bond donors (Lipinski definition) is 0. The van der Waals surface area contributed by atoms with Crippen LogP contribution >= 0.6 is 0 Å². The number of rotatable bonds is 2. The van der Waals surface area contributed by atoms with Gasteiger partial charge >= 0.3 is 0 Å². The average Bonchev–Trinajstić information content (AvgIpc) is 2.89. The molecule has 6 heteroatoms. The molecule has 38 heavy (non-hydrogen) atoms. The third kappa shape index (κ3) is 4.42. The molecule has 6 unspecified atom stereocenters. The van der Waals surface area contributed by atoms with E-state index in [9.17, 15) is 9.59 Å². The van der Waals surface area contributed by atoms with Crippen LogP contribution in [0.25, 0.3) is 0 Å². The number of carbonyl (C=O) groups excluding carboxylic acids is 2. The largest absolute Gasteiger partial charge is 0.481 e. The van der Waals surface area contributed by atoms with Gasteiger partial charge in [-0.1, -0.05) is 51.0 Å². The fourth-order valence-electron chi connectivity index (χ4n) is 7.12. The predicted molar refractivity (Wildman–Crippen MR) is 149 cm³/mol. The summed E-state index contributed by atoms with van der Waals surface area (Å²) in [4.78, 5) is 31.3. The van der Waals surface area contributed by atoms with Crippen molar-refractivity contribution < 1.29 is 19.1 Å². The monoisotopic (exact) mass is 522 g/mol. The molecule has 3 aliphatic heterocycles. The summed E-state index contributed by atoms with van der Waals surface area (Å²) in [6, 6.07) is 0. The van der Waals surface area contributed by atoms with Gasteiger partial charge in [-0.25, -0.2) is 0 Å². The van der Waals surface area contributed by atoms with Crippen LogP contribution in [0.15, 0.2) is 46.0 Å². The normalized spacial score (nSPS) is 37.5. The Morgan fingerprint density at radius 3 is 1.39 bits per heavy atom. The number of ether oxygens (including phenoxy) is 2. The highest BCUT2D eigenvalue weighted by atomic mass is 16.5. The number of allylic oxidation sites excluding steroid dienone is 6. The zero-order valence-corrected chi connectivity index (χ0v) is 24.6. The first kappa shape index (κ1) is 27.1. The second-order valence-electron chi connectivity index (χ2n) is 12.9. The number of nitrogens with zero attached hydrogens (tertiary/aromatic N) is 2. The van der Waals surface area contributed by atoms with Gasteiger partial charge < -0.3 is 19.3 Å². The Balaban J connectivity index is 1.22. The summed E-state index contributed by atoms with van der Waals surface area (Å²) >= 11 is 0. The van der Waals surface area contributed by atoms with Crippen molar-refractivity contribution in [3.63, 3.8) is 0 Å². The minimum atomic E-state index is -0.850. The summed E-state index contributed by atoms with van der Waals surface area (Å²) in [7, 11) is 0. The number of amides is 2. The lowest BCUT2D eigenvalue weighted by molar-refractivity contribution is -0.163. The molecule has 1 saturated heterocycles. The third-order valence-electron chi connectivity index (χ3n) is 10.1. The zero-order valence-electron chi connectivity index (χ0n) is 24.6. The summed E-state index contributed by atoms with van der Waals surface area (Å²) in [6.45, 7) is 19.1. The molecule has 0 aromatic rings. The standard InChI is InChI=1S/C32H46N2O4/c1-19-17-21(3)25-9-11-31(7,37-27(25)23(19)5)29(35)33-13-15-34(16-14-33)30(36)32(8)12-10-26-22(4)18-20(2)24(6)28(26)38-32/h17-18,21-24H,9-16H2,1-8H3. The lowest BCUT2D eigenvalue weighted by Gasteiger charge is -2.46. The van der Waals surface area contributed by atoms with Gasteiger partial charge in [0, 0.05) is 38.0 Å². The molecule has 6 atom stereocenters. The first-order chi connectivity index (χ1) is 17.8. The van der Waals surface area contributed by atoms with Gasteiger partial charge in [-0.05, 0) is 76.4 Å². The van der Waals surface area contributed by atoms with Crippen molar-refractivity contribution in [3.8, 4) is 0 Å². The number of carbonyl (C=O) groups is 2. The highest BCUT2D eigenvalue weighted by molar-refractivity contribution is 5.87. The van der Waals surface area contributed by atoms with E-state index < -0.39 is 11.2 Å². The maximum Gasteiger partial charge on any atom is 0.266 e. The zero-order chi connectivity index (χ0) is 27.6. The summed E-state index contributed by atoms with van der Waals surface area (Å²) in [6.07, 6.45) is 7.84. The molecule has 0 N–H and O–H groups in total. The van der Waals surface area contributed by atoms with E-state index in [2.05, 4.69) is 53.7 Å². The summed E-state index contributed by atoms with van der Waals surface area (Å²) in [5.41, 5.74) is 3.61. The van der Waals surface area contributed by atoms with E-state index in [4.69, 9.17) is 9.47 Å². The van der Waals surface area contributed by atoms with Crippen LogP contribution in [0.3, 0.4) is 0 Å². The van der Waals surface area contributed by atoms with Crippen LogP contribution in [0.1, 0.15) is 81.1 Å². The highest BCUT2D eigenvalue weighted by Crippen LogP contribution is 2.46. The van der Waals surface area contributed by atoms with E-state index in [0.29, 0.717) is 50.9 Å². The quantitative estimate of drug-likeness (QED) is 0.432. The van der Waals surface area contributed by atoms with E-state index in [-0.39, 0.29) is 23.7 Å². The Kier molecular flexibility index (Phi) is 6.84. The molecule has 0 aromatic heterocycles. The molecule has 0 aromatic carbocycles.